The molecule has 2 saturated carbocycles. The Balaban J connectivity index is 1.68. The molecule has 0 bridgehead atoms. The lowest BCUT2D eigenvalue weighted by Gasteiger charge is -2.19. The number of hydrogen-bond donors (Lipinski definition) is 2. The molecule has 1 aromatic heterocycles. The minimum absolute atomic E-state index is 0.0795. The third-order valence-corrected chi connectivity index (χ3v) is 8.52. The van der Waals surface area contributed by atoms with Gasteiger partial charge in [-0.3, -0.25) is 9.59 Å². The number of carbonyl (C=O) groups is 2. The number of aliphatic carboxylic acids is 1. The van der Waals surface area contributed by atoms with Gasteiger partial charge in [-0.15, -0.1) is 11.3 Å². The highest BCUT2D eigenvalue weighted by molar-refractivity contribution is 7.89. The van der Waals surface area contributed by atoms with Crippen molar-refractivity contribution in [2.24, 2.45) is 17.8 Å². The first kappa shape index (κ1) is 18.1. The number of aryl methyl sites for hydroxylation is 1. The molecule has 2 N–H and O–H groups in total. The molecule has 142 valence electrons. The number of fused-ring (bicyclic) bond motifs is 1. The lowest BCUT2D eigenvalue weighted by atomic mass is 9.88. The summed E-state index contributed by atoms with van der Waals surface area (Å²) in [5, 5.41) is 9.36. The summed E-state index contributed by atoms with van der Waals surface area (Å²) in [6.07, 6.45) is 5.35. The minimum atomic E-state index is -3.73. The Bertz CT molecular complexity index is 849. The predicted molar refractivity (Wildman–Crippen MR) is 96.8 cm³/mol. The molecular weight excluding hydrogens is 374 g/mol. The Morgan fingerprint density at radius 2 is 1.85 bits per heavy atom. The summed E-state index contributed by atoms with van der Waals surface area (Å²) in [5.74, 6) is -0.844. The van der Waals surface area contributed by atoms with Gasteiger partial charge in [-0.05, 0) is 56.4 Å². The average Bonchev–Trinajstić information content (AvgIpc) is 3.48. The van der Waals surface area contributed by atoms with Crippen LogP contribution in [0.1, 0.15) is 47.4 Å². The standard InChI is InChI=1S/C18H23NO5S2/c20-14(11-3-4-11)8-16-17(26(23,24)19-9-10-1-2-10)13-7-12(18(21)22)5-6-15(13)25-16/h10-12,19H,1-9H2,(H,21,22). The van der Waals surface area contributed by atoms with Gasteiger partial charge in [0, 0.05) is 28.6 Å². The average molecular weight is 398 g/mol. The van der Waals surface area contributed by atoms with Gasteiger partial charge in [0.25, 0.3) is 0 Å². The normalized spacial score (nSPS) is 22.8. The van der Waals surface area contributed by atoms with Gasteiger partial charge < -0.3 is 5.11 Å². The number of rotatable bonds is 8. The third-order valence-electron chi connectivity index (χ3n) is 5.53. The van der Waals surface area contributed by atoms with Crippen LogP contribution in [0.2, 0.25) is 0 Å². The zero-order valence-corrected chi connectivity index (χ0v) is 16.1. The smallest absolute Gasteiger partial charge is 0.306 e. The quantitative estimate of drug-likeness (QED) is 0.700. The molecule has 1 atom stereocenters. The topological polar surface area (TPSA) is 101 Å². The fourth-order valence-corrected chi connectivity index (χ4v) is 6.86. The second-order valence-corrected chi connectivity index (χ2v) is 10.6. The van der Waals surface area contributed by atoms with Gasteiger partial charge in [-0.2, -0.15) is 0 Å². The largest absolute Gasteiger partial charge is 0.481 e. The number of nitrogens with one attached hydrogen (secondary N) is 1. The van der Waals surface area contributed by atoms with E-state index in [1.54, 1.807) is 0 Å². The summed E-state index contributed by atoms with van der Waals surface area (Å²) in [5.41, 5.74) is 0.635. The monoisotopic (exact) mass is 397 g/mol. The molecule has 0 radical (unpaired) electrons. The number of hydrogen-bond acceptors (Lipinski definition) is 5. The second-order valence-electron chi connectivity index (χ2n) is 7.75. The molecule has 3 aliphatic rings. The summed E-state index contributed by atoms with van der Waals surface area (Å²) in [4.78, 5) is 25.5. The first-order chi connectivity index (χ1) is 12.3. The van der Waals surface area contributed by atoms with E-state index in [0.717, 1.165) is 30.6 Å². The van der Waals surface area contributed by atoms with Crippen LogP contribution in [0.5, 0.6) is 0 Å². The third kappa shape index (κ3) is 3.73. The number of ketones is 1. The number of Topliss-reactive ketones (excluding diaryl/α,β-unsaturated/α-hetero) is 1. The van der Waals surface area contributed by atoms with E-state index in [-0.39, 0.29) is 29.4 Å². The van der Waals surface area contributed by atoms with E-state index in [4.69, 9.17) is 0 Å². The Hall–Kier alpha value is -1.25. The molecule has 0 amide bonds. The fraction of sp³-hybridized carbons (Fsp3) is 0.667. The molecule has 3 aliphatic carbocycles. The van der Waals surface area contributed by atoms with E-state index >= 15 is 0 Å². The molecular formula is C18H23NO5S2. The Labute approximate surface area is 157 Å². The van der Waals surface area contributed by atoms with Crippen molar-refractivity contribution in [3.8, 4) is 0 Å². The molecule has 26 heavy (non-hydrogen) atoms. The SMILES string of the molecule is O=C(O)C1CCc2sc(CC(=O)C3CC3)c(S(=O)(=O)NCC3CC3)c2C1. The van der Waals surface area contributed by atoms with Crippen LogP contribution in [0.25, 0.3) is 0 Å². The molecule has 8 heteroatoms. The molecule has 1 heterocycles. The van der Waals surface area contributed by atoms with Crippen molar-refractivity contribution in [2.75, 3.05) is 6.54 Å². The highest BCUT2D eigenvalue weighted by atomic mass is 32.2. The Morgan fingerprint density at radius 3 is 2.46 bits per heavy atom. The Kier molecular flexibility index (Phi) is 4.69. The maximum absolute atomic E-state index is 13.0. The van der Waals surface area contributed by atoms with Crippen molar-refractivity contribution in [1.29, 1.82) is 0 Å². The second kappa shape index (κ2) is 6.73. The molecule has 0 spiro atoms. The molecule has 6 nitrogen and oxygen atoms in total. The number of thiophene rings is 1. The van der Waals surface area contributed by atoms with Crippen molar-refractivity contribution in [1.82, 2.24) is 4.72 Å². The maximum atomic E-state index is 13.0. The minimum Gasteiger partial charge on any atom is -0.481 e. The van der Waals surface area contributed by atoms with Gasteiger partial charge >= 0.3 is 5.97 Å². The fourth-order valence-electron chi connectivity index (χ4n) is 3.58. The first-order valence-electron chi connectivity index (χ1n) is 9.23. The van der Waals surface area contributed by atoms with Crippen LogP contribution < -0.4 is 4.72 Å². The summed E-state index contributed by atoms with van der Waals surface area (Å²) < 4.78 is 28.7. The van der Waals surface area contributed by atoms with Gasteiger partial charge in [-0.1, -0.05) is 0 Å². The van der Waals surface area contributed by atoms with Gasteiger partial charge in [0.1, 0.15) is 5.78 Å². The van der Waals surface area contributed by atoms with Crippen LogP contribution in [-0.4, -0.2) is 31.8 Å². The molecule has 0 aliphatic heterocycles. The van der Waals surface area contributed by atoms with E-state index in [0.29, 0.717) is 35.7 Å². The van der Waals surface area contributed by atoms with E-state index in [2.05, 4.69) is 4.72 Å². The molecule has 2 fully saturated rings. The predicted octanol–water partition coefficient (Wildman–Crippen LogP) is 2.15. The zero-order valence-electron chi connectivity index (χ0n) is 14.5. The molecule has 1 unspecified atom stereocenters. The summed E-state index contributed by atoms with van der Waals surface area (Å²) in [6, 6.07) is 0. The van der Waals surface area contributed by atoms with Crippen molar-refractivity contribution >= 4 is 33.1 Å². The summed E-state index contributed by atoms with van der Waals surface area (Å²) >= 11 is 1.39. The highest BCUT2D eigenvalue weighted by Crippen LogP contribution is 2.41. The molecule has 0 saturated heterocycles. The van der Waals surface area contributed by atoms with Crippen LogP contribution >= 0.6 is 11.3 Å². The lowest BCUT2D eigenvalue weighted by molar-refractivity contribution is -0.142. The van der Waals surface area contributed by atoms with Crippen molar-refractivity contribution in [3.63, 3.8) is 0 Å². The van der Waals surface area contributed by atoms with E-state index in [1.165, 1.54) is 11.3 Å². The molecule has 4 rings (SSSR count). The number of carboxylic acid groups (broad SMARTS) is 1. The molecule has 1 aromatic rings. The van der Waals surface area contributed by atoms with Crippen molar-refractivity contribution in [3.05, 3.63) is 15.3 Å². The van der Waals surface area contributed by atoms with Gasteiger partial charge in [0.05, 0.1) is 10.8 Å². The summed E-state index contributed by atoms with van der Waals surface area (Å²) in [7, 11) is -3.73. The van der Waals surface area contributed by atoms with Crippen molar-refractivity contribution < 1.29 is 23.1 Å². The zero-order chi connectivity index (χ0) is 18.5. The lowest BCUT2D eigenvalue weighted by Crippen LogP contribution is -2.29. The van der Waals surface area contributed by atoms with E-state index < -0.39 is 21.9 Å². The van der Waals surface area contributed by atoms with Crippen LogP contribution in [0, 0.1) is 17.8 Å². The van der Waals surface area contributed by atoms with E-state index in [9.17, 15) is 23.1 Å². The maximum Gasteiger partial charge on any atom is 0.306 e. The first-order valence-corrected chi connectivity index (χ1v) is 11.5. The number of carboxylic acids is 1. The van der Waals surface area contributed by atoms with E-state index in [1.807, 2.05) is 0 Å². The Morgan fingerprint density at radius 1 is 1.12 bits per heavy atom. The van der Waals surface area contributed by atoms with Gasteiger partial charge in [0.15, 0.2) is 0 Å². The highest BCUT2D eigenvalue weighted by Gasteiger charge is 2.37. The van der Waals surface area contributed by atoms with Gasteiger partial charge in [-0.25, -0.2) is 13.1 Å². The number of carbonyl (C=O) groups excluding carboxylic acids is 1. The molecule has 0 aromatic carbocycles. The number of sulfonamides is 1. The van der Waals surface area contributed by atoms with Crippen LogP contribution in [0.15, 0.2) is 4.90 Å². The summed E-state index contributed by atoms with van der Waals surface area (Å²) in [6.45, 7) is 0.422. The van der Waals surface area contributed by atoms with Crippen molar-refractivity contribution in [2.45, 2.75) is 56.3 Å². The van der Waals surface area contributed by atoms with Crippen LogP contribution in [-0.2, 0) is 38.9 Å². The van der Waals surface area contributed by atoms with Crippen LogP contribution in [0.4, 0.5) is 0 Å². The van der Waals surface area contributed by atoms with Crippen LogP contribution in [0.3, 0.4) is 0 Å². The van der Waals surface area contributed by atoms with Gasteiger partial charge in [0.2, 0.25) is 10.0 Å².